The van der Waals surface area contributed by atoms with Crippen LogP contribution in [0, 0.1) is 3.57 Å². The van der Waals surface area contributed by atoms with Gasteiger partial charge in [-0.1, -0.05) is 29.8 Å². The summed E-state index contributed by atoms with van der Waals surface area (Å²) in [5.74, 6) is 0. The van der Waals surface area contributed by atoms with Crippen LogP contribution in [0.4, 0.5) is 0 Å². The van der Waals surface area contributed by atoms with E-state index in [1.165, 1.54) is 3.57 Å². The predicted molar refractivity (Wildman–Crippen MR) is 80.7 cm³/mol. The molecular weight excluding hydrogens is 368 g/mol. The highest BCUT2D eigenvalue weighted by atomic mass is 127. The molecule has 0 aliphatic rings. The fourth-order valence-electron chi connectivity index (χ4n) is 1.60. The van der Waals surface area contributed by atoms with Crippen molar-refractivity contribution in [3.8, 4) is 0 Å². The summed E-state index contributed by atoms with van der Waals surface area (Å²) in [6.07, 6.45) is 4.10. The van der Waals surface area contributed by atoms with Gasteiger partial charge in [0, 0.05) is 16.0 Å². The summed E-state index contributed by atoms with van der Waals surface area (Å²) in [4.78, 5) is 3.97. The summed E-state index contributed by atoms with van der Waals surface area (Å²) in [6.45, 7) is 0. The molecule has 0 saturated carbocycles. The highest BCUT2D eigenvalue weighted by Gasteiger charge is 2.13. The van der Waals surface area contributed by atoms with Gasteiger partial charge in [0.25, 0.3) is 0 Å². The number of hydrogen-bond donors (Lipinski definition) is 0. The first-order valence-electron chi connectivity index (χ1n) is 5.15. The molecular formula is C13H10Cl2IN. The molecule has 2 aromatic rings. The zero-order valence-corrected chi connectivity index (χ0v) is 12.6. The van der Waals surface area contributed by atoms with Gasteiger partial charge in [-0.05, 0) is 52.3 Å². The van der Waals surface area contributed by atoms with Gasteiger partial charge >= 0.3 is 0 Å². The van der Waals surface area contributed by atoms with Crippen LogP contribution in [-0.4, -0.2) is 4.98 Å². The molecule has 1 nitrogen and oxygen atoms in total. The van der Waals surface area contributed by atoms with E-state index >= 15 is 0 Å². The van der Waals surface area contributed by atoms with Crippen molar-refractivity contribution >= 4 is 45.8 Å². The van der Waals surface area contributed by atoms with Gasteiger partial charge in [-0.25, -0.2) is 0 Å². The number of halogens is 3. The van der Waals surface area contributed by atoms with E-state index in [1.807, 2.05) is 18.2 Å². The SMILES string of the molecule is Clc1cnccc1CC(Cl)c1ccccc1I. The van der Waals surface area contributed by atoms with E-state index in [0.29, 0.717) is 11.4 Å². The predicted octanol–water partition coefficient (Wildman–Crippen LogP) is 4.86. The van der Waals surface area contributed by atoms with Crippen LogP contribution < -0.4 is 0 Å². The lowest BCUT2D eigenvalue weighted by Crippen LogP contribution is -1.99. The van der Waals surface area contributed by atoms with Crippen LogP contribution in [0.3, 0.4) is 0 Å². The van der Waals surface area contributed by atoms with Gasteiger partial charge in [-0.3, -0.25) is 4.98 Å². The molecule has 17 heavy (non-hydrogen) atoms. The van der Waals surface area contributed by atoms with E-state index in [9.17, 15) is 0 Å². The fraction of sp³-hybridized carbons (Fsp3) is 0.154. The summed E-state index contributed by atoms with van der Waals surface area (Å²) in [6, 6.07) is 10.0. The molecule has 0 bridgehead atoms. The van der Waals surface area contributed by atoms with Crippen molar-refractivity contribution in [3.63, 3.8) is 0 Å². The lowest BCUT2D eigenvalue weighted by atomic mass is 10.1. The average molecular weight is 378 g/mol. The van der Waals surface area contributed by atoms with Gasteiger partial charge in [0.2, 0.25) is 0 Å². The molecule has 1 aromatic heterocycles. The molecule has 4 heteroatoms. The lowest BCUT2D eigenvalue weighted by molar-refractivity contribution is 0.911. The molecule has 0 fully saturated rings. The first kappa shape index (κ1) is 13.1. The Balaban J connectivity index is 2.20. The molecule has 0 N–H and O–H groups in total. The molecule has 2 rings (SSSR count). The Hall–Kier alpha value is -0.320. The fourth-order valence-corrected chi connectivity index (χ4v) is 3.10. The van der Waals surface area contributed by atoms with Crippen LogP contribution in [-0.2, 0) is 6.42 Å². The van der Waals surface area contributed by atoms with Gasteiger partial charge in [0.05, 0.1) is 10.4 Å². The normalized spacial score (nSPS) is 12.4. The Labute approximate surface area is 124 Å². The van der Waals surface area contributed by atoms with Crippen molar-refractivity contribution in [1.82, 2.24) is 4.98 Å². The summed E-state index contributed by atoms with van der Waals surface area (Å²) in [5, 5.41) is 0.604. The third-order valence-electron chi connectivity index (χ3n) is 2.50. The second kappa shape index (κ2) is 6.03. The summed E-state index contributed by atoms with van der Waals surface area (Å²) in [7, 11) is 0. The van der Waals surface area contributed by atoms with E-state index in [4.69, 9.17) is 23.2 Å². The number of benzene rings is 1. The maximum absolute atomic E-state index is 6.43. The third-order valence-corrected chi connectivity index (χ3v) is 4.21. The smallest absolute Gasteiger partial charge is 0.0636 e. The van der Waals surface area contributed by atoms with Crippen LogP contribution in [0.5, 0.6) is 0 Å². The number of rotatable bonds is 3. The number of pyridine rings is 1. The highest BCUT2D eigenvalue weighted by molar-refractivity contribution is 14.1. The second-order valence-corrected chi connectivity index (χ2v) is 5.76. The van der Waals surface area contributed by atoms with Gasteiger partial charge in [0.1, 0.15) is 0 Å². The Morgan fingerprint density at radius 2 is 2.00 bits per heavy atom. The first-order valence-corrected chi connectivity index (χ1v) is 7.04. The van der Waals surface area contributed by atoms with Crippen LogP contribution in [0.25, 0.3) is 0 Å². The molecule has 0 spiro atoms. The van der Waals surface area contributed by atoms with Gasteiger partial charge < -0.3 is 0 Å². The molecule has 0 radical (unpaired) electrons. The highest BCUT2D eigenvalue weighted by Crippen LogP contribution is 2.30. The van der Waals surface area contributed by atoms with E-state index in [2.05, 4.69) is 39.7 Å². The standard InChI is InChI=1S/C13H10Cl2IN/c14-11(10-3-1-2-4-13(10)16)7-9-5-6-17-8-12(9)15/h1-6,8,11H,7H2. The minimum atomic E-state index is -0.0667. The Bertz CT molecular complexity index is 516. The van der Waals surface area contributed by atoms with E-state index in [0.717, 1.165) is 11.1 Å². The topological polar surface area (TPSA) is 12.9 Å². The molecule has 88 valence electrons. The quantitative estimate of drug-likeness (QED) is 0.549. The summed E-state index contributed by atoms with van der Waals surface area (Å²) in [5.41, 5.74) is 2.17. The van der Waals surface area contributed by atoms with Crippen LogP contribution >= 0.6 is 45.8 Å². The molecule has 0 amide bonds. The van der Waals surface area contributed by atoms with Crippen LogP contribution in [0.15, 0.2) is 42.7 Å². The number of nitrogens with zero attached hydrogens (tertiary/aromatic N) is 1. The van der Waals surface area contributed by atoms with Crippen molar-refractivity contribution in [2.45, 2.75) is 11.8 Å². The Morgan fingerprint density at radius 1 is 1.24 bits per heavy atom. The molecule has 0 aliphatic carbocycles. The van der Waals surface area contributed by atoms with Gasteiger partial charge in [-0.2, -0.15) is 0 Å². The molecule has 1 atom stereocenters. The van der Waals surface area contributed by atoms with Crippen LogP contribution in [0.2, 0.25) is 5.02 Å². The van der Waals surface area contributed by atoms with E-state index in [1.54, 1.807) is 12.4 Å². The average Bonchev–Trinajstić information content (AvgIpc) is 2.32. The van der Waals surface area contributed by atoms with Crippen molar-refractivity contribution in [1.29, 1.82) is 0 Å². The molecule has 1 aromatic carbocycles. The van der Waals surface area contributed by atoms with Crippen molar-refractivity contribution in [3.05, 3.63) is 62.4 Å². The zero-order chi connectivity index (χ0) is 12.3. The summed E-state index contributed by atoms with van der Waals surface area (Å²) >= 11 is 14.8. The molecule has 1 unspecified atom stereocenters. The van der Waals surface area contributed by atoms with E-state index in [-0.39, 0.29) is 5.38 Å². The van der Waals surface area contributed by atoms with Crippen LogP contribution in [0.1, 0.15) is 16.5 Å². The first-order chi connectivity index (χ1) is 8.18. The van der Waals surface area contributed by atoms with Crippen molar-refractivity contribution in [2.24, 2.45) is 0 Å². The molecule has 0 aliphatic heterocycles. The largest absolute Gasteiger partial charge is 0.263 e. The van der Waals surface area contributed by atoms with Gasteiger partial charge in [0.15, 0.2) is 0 Å². The Kier molecular flexibility index (Phi) is 4.65. The second-order valence-electron chi connectivity index (χ2n) is 3.66. The van der Waals surface area contributed by atoms with Crippen molar-refractivity contribution < 1.29 is 0 Å². The molecule has 1 heterocycles. The minimum Gasteiger partial charge on any atom is -0.263 e. The third kappa shape index (κ3) is 3.33. The number of hydrogen-bond acceptors (Lipinski definition) is 1. The molecule has 0 saturated heterocycles. The number of aromatic nitrogens is 1. The maximum Gasteiger partial charge on any atom is 0.0636 e. The monoisotopic (exact) mass is 377 g/mol. The van der Waals surface area contributed by atoms with Crippen molar-refractivity contribution in [2.75, 3.05) is 0 Å². The summed E-state index contributed by atoms with van der Waals surface area (Å²) < 4.78 is 1.18. The van der Waals surface area contributed by atoms with Gasteiger partial charge in [-0.15, -0.1) is 11.6 Å². The van der Waals surface area contributed by atoms with E-state index < -0.39 is 0 Å². The zero-order valence-electron chi connectivity index (χ0n) is 8.91. The minimum absolute atomic E-state index is 0.0667. The lowest BCUT2D eigenvalue weighted by Gasteiger charge is -2.12. The maximum atomic E-state index is 6.43. The number of alkyl halides is 1. The Morgan fingerprint density at radius 3 is 2.71 bits per heavy atom.